The van der Waals surface area contributed by atoms with Crippen LogP contribution < -0.4 is 64.2 Å². The molecule has 7 heteroatoms. The van der Waals surface area contributed by atoms with Gasteiger partial charge < -0.3 is 20.5 Å². The number of rotatable bonds is 18. The van der Waals surface area contributed by atoms with Gasteiger partial charge in [0.15, 0.2) is 0 Å². The van der Waals surface area contributed by atoms with Gasteiger partial charge in [-0.05, 0) is 32.6 Å². The third kappa shape index (κ3) is 23.1. The van der Waals surface area contributed by atoms with E-state index in [0.717, 1.165) is 57.8 Å². The van der Waals surface area contributed by atoms with Crippen molar-refractivity contribution in [3.63, 3.8) is 0 Å². The van der Waals surface area contributed by atoms with Crippen LogP contribution in [0.5, 0.6) is 0 Å². The van der Waals surface area contributed by atoms with Gasteiger partial charge in [-0.3, -0.25) is 4.79 Å². The largest absolute Gasteiger partial charge is 1.00 e. The van der Waals surface area contributed by atoms with Crippen LogP contribution >= 0.6 is 0 Å². The summed E-state index contributed by atoms with van der Waals surface area (Å²) in [6, 6.07) is 0. The van der Waals surface area contributed by atoms with Gasteiger partial charge in [0.25, 0.3) is 0 Å². The molecule has 0 amide bonds. The predicted molar refractivity (Wildman–Crippen MR) is 127 cm³/mol. The third-order valence-electron chi connectivity index (χ3n) is 6.28. The van der Waals surface area contributed by atoms with Gasteiger partial charge in [0.2, 0.25) is 0 Å². The van der Waals surface area contributed by atoms with Gasteiger partial charge in [0, 0.05) is 11.4 Å². The van der Waals surface area contributed by atoms with Crippen LogP contribution in [-0.4, -0.2) is 22.5 Å². The molecule has 0 fully saturated rings. The van der Waals surface area contributed by atoms with Crippen LogP contribution in [0.2, 0.25) is 0 Å². The molecule has 0 saturated carbocycles. The second-order valence-electron chi connectivity index (χ2n) is 9.54. The summed E-state index contributed by atoms with van der Waals surface area (Å²) in [5.41, 5.74) is -1.08. The summed E-state index contributed by atoms with van der Waals surface area (Å²) in [7, 11) is 0. The Hall–Kier alpha value is 0.900. The van der Waals surface area contributed by atoms with Crippen LogP contribution in [0.1, 0.15) is 144 Å². The Balaban J connectivity index is -0.000000145. The van der Waals surface area contributed by atoms with Crippen molar-refractivity contribution in [3.05, 3.63) is 0 Å². The molecule has 0 aromatic carbocycles. The van der Waals surface area contributed by atoms with Gasteiger partial charge in [0.1, 0.15) is 0 Å². The number of unbranched alkanes of at least 4 members (excludes halogenated alkanes) is 8. The maximum absolute atomic E-state index is 11.1. The zero-order chi connectivity index (χ0) is 23.5. The SMILES string of the molecule is CCCCCCCC(C)(CCC)C(=O)O.CCCCCCCC(C)(CCC)C(=O)[O-].[Na+].[Na+].[OH-]. The van der Waals surface area contributed by atoms with E-state index in [1.54, 1.807) is 0 Å². The molecule has 33 heavy (non-hydrogen) atoms. The first-order valence-electron chi connectivity index (χ1n) is 12.6. The average Bonchev–Trinajstić information content (AvgIpc) is 2.68. The second-order valence-corrected chi connectivity index (χ2v) is 9.54. The molecule has 0 saturated heterocycles. The van der Waals surface area contributed by atoms with E-state index in [2.05, 4.69) is 20.8 Å². The molecule has 0 rings (SSSR count). The summed E-state index contributed by atoms with van der Waals surface area (Å²) in [4.78, 5) is 22.2. The van der Waals surface area contributed by atoms with Crippen molar-refractivity contribution in [2.45, 2.75) is 144 Å². The molecule has 2 atom stereocenters. The minimum absolute atomic E-state index is 0. The standard InChI is InChI=1S/2C13H26O2.2Na.H2O/c2*1-4-6-7-8-9-11-13(3,10-5-2)12(14)15;;;/h2*4-11H2,1-3H3,(H,14,15);;;1H2/q;;2*+1;/p-2. The molecule has 0 aromatic heterocycles. The number of hydrogen-bond acceptors (Lipinski definition) is 4. The first-order valence-corrected chi connectivity index (χ1v) is 12.6. The fraction of sp³-hybridized carbons (Fsp3) is 0.923. The zero-order valence-corrected chi connectivity index (χ0v) is 27.4. The normalized spacial score (nSPS) is 13.5. The van der Waals surface area contributed by atoms with Crippen molar-refractivity contribution in [2.75, 3.05) is 0 Å². The van der Waals surface area contributed by atoms with E-state index < -0.39 is 22.8 Å². The Kier molecular flexibility index (Phi) is 36.6. The van der Waals surface area contributed by atoms with E-state index in [1.165, 1.54) is 44.9 Å². The molecule has 188 valence electrons. The Morgan fingerprint density at radius 3 is 1.24 bits per heavy atom. The molecule has 0 spiro atoms. The molecule has 5 nitrogen and oxygen atoms in total. The van der Waals surface area contributed by atoms with Crippen LogP contribution in [0, 0.1) is 10.8 Å². The molecule has 0 aliphatic rings. The minimum Gasteiger partial charge on any atom is -0.870 e. The molecule has 2 N–H and O–H groups in total. The van der Waals surface area contributed by atoms with Gasteiger partial charge in [0.05, 0.1) is 5.41 Å². The van der Waals surface area contributed by atoms with E-state index in [-0.39, 0.29) is 64.6 Å². The van der Waals surface area contributed by atoms with Crippen molar-refractivity contribution in [1.82, 2.24) is 0 Å². The van der Waals surface area contributed by atoms with Gasteiger partial charge in [-0.15, -0.1) is 0 Å². The van der Waals surface area contributed by atoms with E-state index in [9.17, 15) is 14.7 Å². The number of carboxylic acids is 2. The maximum Gasteiger partial charge on any atom is 1.00 e. The Labute approximate surface area is 249 Å². The van der Waals surface area contributed by atoms with E-state index in [4.69, 9.17) is 5.11 Å². The van der Waals surface area contributed by atoms with E-state index in [1.807, 2.05) is 20.8 Å². The number of carbonyl (C=O) groups is 2. The summed E-state index contributed by atoms with van der Waals surface area (Å²) in [6.07, 6.45) is 16.9. The first-order chi connectivity index (χ1) is 14.1. The van der Waals surface area contributed by atoms with Gasteiger partial charge in [-0.1, -0.05) is 112 Å². The van der Waals surface area contributed by atoms with Crippen LogP contribution in [0.15, 0.2) is 0 Å². The first kappa shape index (κ1) is 43.9. The van der Waals surface area contributed by atoms with Crippen molar-refractivity contribution < 1.29 is 84.4 Å². The summed E-state index contributed by atoms with van der Waals surface area (Å²) in [5.74, 6) is -1.50. The summed E-state index contributed by atoms with van der Waals surface area (Å²) < 4.78 is 0. The van der Waals surface area contributed by atoms with Crippen LogP contribution in [0.3, 0.4) is 0 Å². The fourth-order valence-corrected chi connectivity index (χ4v) is 4.01. The Morgan fingerprint density at radius 2 is 0.939 bits per heavy atom. The molecule has 2 unspecified atom stereocenters. The number of carboxylic acid groups (broad SMARTS) is 2. The molecular weight excluding hydrogens is 438 g/mol. The van der Waals surface area contributed by atoms with Crippen molar-refractivity contribution in [3.8, 4) is 0 Å². The van der Waals surface area contributed by atoms with Gasteiger partial charge in [-0.25, -0.2) is 0 Å². The molecule has 0 aliphatic carbocycles. The van der Waals surface area contributed by atoms with Crippen LogP contribution in [0.4, 0.5) is 0 Å². The van der Waals surface area contributed by atoms with Crippen molar-refractivity contribution >= 4 is 11.9 Å². The summed E-state index contributed by atoms with van der Waals surface area (Å²) >= 11 is 0. The molecule has 0 aliphatic heterocycles. The fourth-order valence-electron chi connectivity index (χ4n) is 4.01. The summed E-state index contributed by atoms with van der Waals surface area (Å²) in [5, 5.41) is 20.2. The second kappa shape index (κ2) is 27.5. The number of carbonyl (C=O) groups excluding carboxylic acids is 1. The third-order valence-corrected chi connectivity index (χ3v) is 6.28. The Morgan fingerprint density at radius 1 is 0.606 bits per heavy atom. The minimum atomic E-state index is -0.875. The number of hydrogen-bond donors (Lipinski definition) is 1. The molecule has 0 aromatic rings. The molecular formula is C26H52Na2O5. The smallest absolute Gasteiger partial charge is 0.870 e. The van der Waals surface area contributed by atoms with Crippen molar-refractivity contribution in [1.29, 1.82) is 0 Å². The van der Waals surface area contributed by atoms with E-state index in [0.29, 0.717) is 0 Å². The van der Waals surface area contributed by atoms with Crippen LogP contribution in [-0.2, 0) is 9.59 Å². The maximum atomic E-state index is 11.1. The zero-order valence-electron chi connectivity index (χ0n) is 23.4. The average molecular weight is 491 g/mol. The van der Waals surface area contributed by atoms with Gasteiger partial charge >= 0.3 is 65.1 Å². The van der Waals surface area contributed by atoms with Gasteiger partial charge in [-0.2, -0.15) is 0 Å². The molecule has 0 heterocycles. The quantitative estimate of drug-likeness (QED) is 0.228. The van der Waals surface area contributed by atoms with Crippen LogP contribution in [0.25, 0.3) is 0 Å². The molecule has 0 bridgehead atoms. The Bertz CT molecular complexity index is 408. The summed E-state index contributed by atoms with van der Waals surface area (Å²) in [6.45, 7) is 12.2. The van der Waals surface area contributed by atoms with E-state index >= 15 is 0 Å². The topological polar surface area (TPSA) is 107 Å². The molecule has 0 radical (unpaired) electrons. The number of aliphatic carboxylic acids is 2. The van der Waals surface area contributed by atoms with Crippen molar-refractivity contribution in [2.24, 2.45) is 10.8 Å². The monoisotopic (exact) mass is 490 g/mol. The predicted octanol–water partition coefficient (Wildman–Crippen LogP) is 0.972.